The fraction of sp³-hybridized carbons (Fsp3) is 0.917. The van der Waals surface area contributed by atoms with Gasteiger partial charge in [-0.25, -0.2) is 0 Å². The van der Waals surface area contributed by atoms with Crippen LogP contribution in [0, 0.1) is 34.5 Å². The maximum absolute atomic E-state index is 12.2. The molecule has 0 spiro atoms. The number of aliphatic hydroxyl groups is 2. The van der Waals surface area contributed by atoms with Crippen LogP contribution in [0.2, 0.25) is 0 Å². The first-order valence-electron chi connectivity index (χ1n) is 11.6. The zero-order chi connectivity index (χ0) is 19.8. The molecule has 0 aromatic carbocycles. The predicted molar refractivity (Wildman–Crippen MR) is 121 cm³/mol. The van der Waals surface area contributed by atoms with Crippen LogP contribution in [0.15, 0.2) is 12.2 Å². The molecule has 0 unspecified atom stereocenters. The highest BCUT2D eigenvalue weighted by Gasteiger charge is 2.67. The van der Waals surface area contributed by atoms with E-state index in [9.17, 15) is 10.2 Å². The van der Waals surface area contributed by atoms with Crippen LogP contribution in [-0.2, 0) is 0 Å². The maximum atomic E-state index is 12.2. The van der Waals surface area contributed by atoms with E-state index in [1.807, 2.05) is 23.5 Å². The highest BCUT2D eigenvalue weighted by molar-refractivity contribution is 8.18. The van der Waals surface area contributed by atoms with E-state index >= 15 is 0 Å². The minimum absolute atomic E-state index is 0.0301. The lowest BCUT2D eigenvalue weighted by Crippen LogP contribution is -2.62. The summed E-state index contributed by atoms with van der Waals surface area (Å²) >= 11 is 3.99. The molecule has 0 aromatic rings. The van der Waals surface area contributed by atoms with Crippen LogP contribution in [0.3, 0.4) is 0 Å². The fourth-order valence-electron chi connectivity index (χ4n) is 8.24. The molecule has 2 N–H and O–H groups in total. The van der Waals surface area contributed by atoms with Gasteiger partial charge in [-0.3, -0.25) is 0 Å². The molecular formula is C24H38O2S2. The van der Waals surface area contributed by atoms with Crippen molar-refractivity contribution in [3.63, 3.8) is 0 Å². The Labute approximate surface area is 179 Å². The standard InChI is InChI=1S/C24H38O2S2/c1-21-10-7-17(25)15-16(21)5-6-18-19(21)8-11-22(2)20(18)9-12-24(22,26)23(3)27-13-4-14-28-23/h9,12,16-20,25-26H,4-8,10-11,13-15H2,1-3H3/t16-,17-,18-,19+,20+,21+,22+,24+/m1/s1. The molecule has 0 aromatic heterocycles. The molecule has 4 aliphatic carbocycles. The minimum atomic E-state index is -0.702. The number of hydrogen-bond acceptors (Lipinski definition) is 4. The van der Waals surface area contributed by atoms with Crippen molar-refractivity contribution in [2.24, 2.45) is 34.5 Å². The fourth-order valence-corrected chi connectivity index (χ4v) is 11.7. The minimum Gasteiger partial charge on any atom is -0.393 e. The van der Waals surface area contributed by atoms with Crippen LogP contribution < -0.4 is 0 Å². The van der Waals surface area contributed by atoms with Gasteiger partial charge in [0.05, 0.1) is 10.2 Å². The van der Waals surface area contributed by atoms with Gasteiger partial charge in [0.15, 0.2) is 0 Å². The number of rotatable bonds is 1. The van der Waals surface area contributed by atoms with E-state index in [1.54, 1.807) is 0 Å². The van der Waals surface area contributed by atoms with Crippen molar-refractivity contribution in [1.82, 2.24) is 0 Å². The van der Waals surface area contributed by atoms with Crippen molar-refractivity contribution in [3.05, 3.63) is 12.2 Å². The summed E-state index contributed by atoms with van der Waals surface area (Å²) in [5, 5.41) is 22.4. The molecule has 1 heterocycles. The van der Waals surface area contributed by atoms with Gasteiger partial charge in [-0.05, 0) is 98.9 Å². The number of allylic oxidation sites excluding steroid dienone is 1. The van der Waals surface area contributed by atoms with E-state index in [2.05, 4.69) is 32.9 Å². The zero-order valence-corrected chi connectivity index (χ0v) is 19.5. The first-order chi connectivity index (χ1) is 13.2. The van der Waals surface area contributed by atoms with Gasteiger partial charge in [-0.15, -0.1) is 23.5 Å². The molecule has 5 rings (SSSR count). The second-order valence-corrected chi connectivity index (χ2v) is 14.4. The first-order valence-corrected chi connectivity index (χ1v) is 13.6. The monoisotopic (exact) mass is 422 g/mol. The van der Waals surface area contributed by atoms with Gasteiger partial charge in [0.2, 0.25) is 0 Å². The molecular weight excluding hydrogens is 384 g/mol. The van der Waals surface area contributed by atoms with Crippen molar-refractivity contribution >= 4 is 23.5 Å². The summed E-state index contributed by atoms with van der Waals surface area (Å²) in [4.78, 5) is 0. The highest BCUT2D eigenvalue weighted by atomic mass is 32.2. The van der Waals surface area contributed by atoms with E-state index in [1.165, 1.54) is 43.6 Å². The van der Waals surface area contributed by atoms with Gasteiger partial charge in [0, 0.05) is 5.41 Å². The van der Waals surface area contributed by atoms with Crippen molar-refractivity contribution < 1.29 is 10.2 Å². The SMILES string of the molecule is CC1([C@]2(O)C=C[C@H]3[C@@H]4CC[C@@H]5C[C@H](O)CC[C@]5(C)[C@H]4CC[C@@]32C)SCCCS1. The topological polar surface area (TPSA) is 40.5 Å². The maximum Gasteiger partial charge on any atom is 0.112 e. The molecule has 5 aliphatic rings. The number of hydrogen-bond donors (Lipinski definition) is 2. The third-order valence-electron chi connectivity index (χ3n) is 10.0. The summed E-state index contributed by atoms with van der Waals surface area (Å²) in [5.74, 6) is 5.04. The summed E-state index contributed by atoms with van der Waals surface area (Å²) in [6.45, 7) is 7.27. The first kappa shape index (κ1) is 20.3. The van der Waals surface area contributed by atoms with E-state index in [0.717, 1.165) is 25.2 Å². The average Bonchev–Trinajstić information content (AvgIpc) is 2.96. The Kier molecular flexibility index (Phi) is 4.83. The Balaban J connectivity index is 1.45. The van der Waals surface area contributed by atoms with E-state index in [0.29, 0.717) is 23.2 Å². The number of fused-ring (bicyclic) bond motifs is 5. The van der Waals surface area contributed by atoms with Gasteiger partial charge in [0.25, 0.3) is 0 Å². The number of thioether (sulfide) groups is 2. The second kappa shape index (κ2) is 6.68. The highest BCUT2D eigenvalue weighted by Crippen LogP contribution is 2.70. The van der Waals surface area contributed by atoms with Crippen LogP contribution in [-0.4, -0.2) is 37.5 Å². The lowest BCUT2D eigenvalue weighted by atomic mass is 9.44. The van der Waals surface area contributed by atoms with Gasteiger partial charge in [-0.1, -0.05) is 26.0 Å². The van der Waals surface area contributed by atoms with Crippen LogP contribution in [0.4, 0.5) is 0 Å². The van der Waals surface area contributed by atoms with Crippen molar-refractivity contribution in [2.45, 2.75) is 87.9 Å². The molecule has 4 fully saturated rings. The van der Waals surface area contributed by atoms with E-state index in [-0.39, 0.29) is 15.6 Å². The smallest absolute Gasteiger partial charge is 0.112 e. The van der Waals surface area contributed by atoms with Crippen molar-refractivity contribution in [3.8, 4) is 0 Å². The lowest BCUT2D eigenvalue weighted by molar-refractivity contribution is -0.152. The summed E-state index contributed by atoms with van der Waals surface area (Å²) < 4.78 is -0.117. The largest absolute Gasteiger partial charge is 0.393 e. The summed E-state index contributed by atoms with van der Waals surface area (Å²) in [6.07, 6.45) is 14.0. The molecule has 8 atom stereocenters. The Morgan fingerprint density at radius 2 is 1.71 bits per heavy atom. The third kappa shape index (κ3) is 2.56. The Morgan fingerprint density at radius 3 is 2.46 bits per heavy atom. The third-order valence-corrected chi connectivity index (χ3v) is 13.5. The molecule has 158 valence electrons. The quantitative estimate of drug-likeness (QED) is 0.549. The molecule has 2 nitrogen and oxygen atoms in total. The molecule has 1 aliphatic heterocycles. The Morgan fingerprint density at radius 1 is 0.964 bits per heavy atom. The van der Waals surface area contributed by atoms with E-state index < -0.39 is 5.60 Å². The van der Waals surface area contributed by atoms with Crippen molar-refractivity contribution in [2.75, 3.05) is 11.5 Å². The molecule has 0 amide bonds. The lowest BCUT2D eigenvalue weighted by Gasteiger charge is -2.63. The molecule has 28 heavy (non-hydrogen) atoms. The van der Waals surface area contributed by atoms with Crippen molar-refractivity contribution in [1.29, 1.82) is 0 Å². The van der Waals surface area contributed by atoms with E-state index in [4.69, 9.17) is 0 Å². The average molecular weight is 423 g/mol. The molecule has 1 saturated heterocycles. The molecule has 0 radical (unpaired) electrons. The van der Waals surface area contributed by atoms with Crippen LogP contribution in [0.25, 0.3) is 0 Å². The van der Waals surface area contributed by atoms with Gasteiger partial charge < -0.3 is 10.2 Å². The van der Waals surface area contributed by atoms with Crippen LogP contribution >= 0.6 is 23.5 Å². The number of aliphatic hydroxyl groups excluding tert-OH is 1. The summed E-state index contributed by atoms with van der Waals surface area (Å²) in [5.41, 5.74) is -0.334. The van der Waals surface area contributed by atoms with Gasteiger partial charge in [0.1, 0.15) is 5.60 Å². The normalized spacial score (nSPS) is 55.2. The predicted octanol–water partition coefficient (Wildman–Crippen LogP) is 5.48. The van der Waals surface area contributed by atoms with Gasteiger partial charge in [-0.2, -0.15) is 0 Å². The molecule has 4 heteroatoms. The Hall–Kier alpha value is 0.360. The molecule has 3 saturated carbocycles. The second-order valence-electron chi connectivity index (χ2n) is 11.1. The summed E-state index contributed by atoms with van der Waals surface area (Å²) in [7, 11) is 0. The molecule has 0 bridgehead atoms. The summed E-state index contributed by atoms with van der Waals surface area (Å²) in [6, 6.07) is 0. The van der Waals surface area contributed by atoms with Gasteiger partial charge >= 0.3 is 0 Å². The zero-order valence-electron chi connectivity index (χ0n) is 17.8. The van der Waals surface area contributed by atoms with Crippen LogP contribution in [0.1, 0.15) is 72.1 Å². The van der Waals surface area contributed by atoms with Crippen LogP contribution in [0.5, 0.6) is 0 Å². The Bertz CT molecular complexity index is 659.